The van der Waals surface area contributed by atoms with Gasteiger partial charge in [-0.1, -0.05) is 77.9 Å². The molecule has 1 aromatic heterocycles. The minimum absolute atomic E-state index is 0.280. The number of aryl methyl sites for hydroxylation is 2. The average Bonchev–Trinajstić information content (AvgIpc) is 2.70. The van der Waals surface area contributed by atoms with Gasteiger partial charge in [0.2, 0.25) is 0 Å². The molecule has 0 saturated heterocycles. The van der Waals surface area contributed by atoms with E-state index >= 15 is 0 Å². The number of para-hydroxylation sites is 1. The summed E-state index contributed by atoms with van der Waals surface area (Å²) in [6, 6.07) is 26.0. The van der Waals surface area contributed by atoms with Crippen LogP contribution in [0.4, 0.5) is 0 Å². The molecule has 0 spiro atoms. The maximum atomic E-state index is 5.89. The second-order valence-electron chi connectivity index (χ2n) is 6.41. The summed E-state index contributed by atoms with van der Waals surface area (Å²) in [5.41, 5.74) is 4.23. The van der Waals surface area contributed by atoms with Crippen LogP contribution in [-0.4, -0.2) is 15.0 Å². The summed E-state index contributed by atoms with van der Waals surface area (Å²) in [5.74, 6) is 1.87. The van der Waals surface area contributed by atoms with Crippen LogP contribution in [0.1, 0.15) is 11.1 Å². The van der Waals surface area contributed by atoms with Crippen molar-refractivity contribution in [3.8, 4) is 34.5 Å². The first-order valence-corrected chi connectivity index (χ1v) is 8.80. The molecule has 1 heterocycles. The minimum Gasteiger partial charge on any atom is -0.424 e. The van der Waals surface area contributed by atoms with Crippen LogP contribution in [0.3, 0.4) is 0 Å². The third kappa shape index (κ3) is 4.01. The van der Waals surface area contributed by atoms with Crippen molar-refractivity contribution in [2.75, 3.05) is 0 Å². The molecule has 0 aliphatic rings. The van der Waals surface area contributed by atoms with Crippen molar-refractivity contribution >= 4 is 0 Å². The molecule has 3 aromatic carbocycles. The topological polar surface area (TPSA) is 47.9 Å². The average molecular weight is 353 g/mol. The first-order valence-electron chi connectivity index (χ1n) is 8.80. The van der Waals surface area contributed by atoms with E-state index < -0.39 is 0 Å². The zero-order chi connectivity index (χ0) is 18.6. The van der Waals surface area contributed by atoms with Gasteiger partial charge in [-0.3, -0.25) is 0 Å². The number of hydrogen-bond donors (Lipinski definition) is 0. The lowest BCUT2D eigenvalue weighted by molar-refractivity contribution is 0.441. The van der Waals surface area contributed by atoms with E-state index in [4.69, 9.17) is 4.74 Å². The molecule has 0 aliphatic carbocycles. The summed E-state index contributed by atoms with van der Waals surface area (Å²) in [6.45, 7) is 4.11. The van der Waals surface area contributed by atoms with Gasteiger partial charge in [0.05, 0.1) is 0 Å². The molecule has 0 amide bonds. The molecule has 0 radical (unpaired) electrons. The number of hydrogen-bond acceptors (Lipinski definition) is 4. The summed E-state index contributed by atoms with van der Waals surface area (Å²) in [7, 11) is 0. The van der Waals surface area contributed by atoms with Gasteiger partial charge in [-0.15, -0.1) is 0 Å². The molecule has 4 aromatic rings. The maximum Gasteiger partial charge on any atom is 0.326 e. The molecule has 0 N–H and O–H groups in total. The number of benzene rings is 3. The van der Waals surface area contributed by atoms with Crippen LogP contribution >= 0.6 is 0 Å². The fourth-order valence-corrected chi connectivity index (χ4v) is 2.66. The largest absolute Gasteiger partial charge is 0.424 e. The lowest BCUT2D eigenvalue weighted by atomic mass is 10.1. The van der Waals surface area contributed by atoms with Crippen molar-refractivity contribution in [1.82, 2.24) is 15.0 Å². The van der Waals surface area contributed by atoms with Crippen LogP contribution < -0.4 is 4.74 Å². The minimum atomic E-state index is 0.280. The van der Waals surface area contributed by atoms with Crippen LogP contribution in [0.5, 0.6) is 11.8 Å². The molecular weight excluding hydrogens is 334 g/mol. The maximum absolute atomic E-state index is 5.89. The molecule has 0 unspecified atom stereocenters. The lowest BCUT2D eigenvalue weighted by Gasteiger charge is -2.09. The Hall–Kier alpha value is -3.53. The van der Waals surface area contributed by atoms with Gasteiger partial charge >= 0.3 is 6.01 Å². The normalized spacial score (nSPS) is 10.6. The molecule has 0 fully saturated rings. The van der Waals surface area contributed by atoms with Crippen LogP contribution in [0.2, 0.25) is 0 Å². The number of aromatic nitrogens is 3. The van der Waals surface area contributed by atoms with Crippen molar-refractivity contribution in [2.45, 2.75) is 13.8 Å². The molecule has 4 heteroatoms. The molecule has 4 rings (SSSR count). The highest BCUT2D eigenvalue weighted by molar-refractivity contribution is 5.62. The van der Waals surface area contributed by atoms with Gasteiger partial charge in [-0.05, 0) is 26.0 Å². The second kappa shape index (κ2) is 7.38. The Kier molecular flexibility index (Phi) is 4.62. The van der Waals surface area contributed by atoms with E-state index in [1.54, 1.807) is 0 Å². The molecule has 132 valence electrons. The first kappa shape index (κ1) is 16.9. The van der Waals surface area contributed by atoms with Gasteiger partial charge < -0.3 is 4.74 Å². The van der Waals surface area contributed by atoms with Gasteiger partial charge in [-0.25, -0.2) is 4.98 Å². The third-order valence-electron chi connectivity index (χ3n) is 4.19. The highest BCUT2D eigenvalue weighted by Crippen LogP contribution is 2.25. The van der Waals surface area contributed by atoms with E-state index in [-0.39, 0.29) is 6.01 Å². The Morgan fingerprint density at radius 2 is 1.04 bits per heavy atom. The second-order valence-corrected chi connectivity index (χ2v) is 6.41. The van der Waals surface area contributed by atoms with Crippen LogP contribution in [-0.2, 0) is 0 Å². The van der Waals surface area contributed by atoms with Gasteiger partial charge in [0.1, 0.15) is 5.75 Å². The van der Waals surface area contributed by atoms with E-state index in [2.05, 4.69) is 28.8 Å². The molecule has 0 bridgehead atoms. The van der Waals surface area contributed by atoms with Crippen molar-refractivity contribution in [3.63, 3.8) is 0 Å². The monoisotopic (exact) mass is 353 g/mol. The van der Waals surface area contributed by atoms with E-state index in [1.807, 2.05) is 78.9 Å². The fourth-order valence-electron chi connectivity index (χ4n) is 2.66. The van der Waals surface area contributed by atoms with Crippen molar-refractivity contribution < 1.29 is 4.74 Å². The van der Waals surface area contributed by atoms with Crippen molar-refractivity contribution in [2.24, 2.45) is 0 Å². The Morgan fingerprint density at radius 3 is 1.52 bits per heavy atom. The van der Waals surface area contributed by atoms with E-state index in [1.165, 1.54) is 11.1 Å². The summed E-state index contributed by atoms with van der Waals surface area (Å²) < 4.78 is 5.89. The Bertz CT molecular complexity index is 979. The highest BCUT2D eigenvalue weighted by Gasteiger charge is 2.12. The molecule has 27 heavy (non-hydrogen) atoms. The first-order chi connectivity index (χ1) is 13.2. The van der Waals surface area contributed by atoms with Gasteiger partial charge in [-0.2, -0.15) is 9.97 Å². The van der Waals surface area contributed by atoms with Gasteiger partial charge in [0.25, 0.3) is 0 Å². The predicted molar refractivity (Wildman–Crippen MR) is 107 cm³/mol. The lowest BCUT2D eigenvalue weighted by Crippen LogP contribution is -2.00. The van der Waals surface area contributed by atoms with E-state index in [0.29, 0.717) is 17.4 Å². The molecule has 0 aliphatic heterocycles. The zero-order valence-corrected chi connectivity index (χ0v) is 15.3. The third-order valence-corrected chi connectivity index (χ3v) is 4.19. The Morgan fingerprint density at radius 1 is 0.556 bits per heavy atom. The smallest absolute Gasteiger partial charge is 0.326 e. The van der Waals surface area contributed by atoms with Gasteiger partial charge in [0.15, 0.2) is 11.6 Å². The number of rotatable bonds is 4. The summed E-state index contributed by atoms with van der Waals surface area (Å²) in [6.07, 6.45) is 0. The van der Waals surface area contributed by atoms with E-state index in [9.17, 15) is 0 Å². The molecule has 4 nitrogen and oxygen atoms in total. The summed E-state index contributed by atoms with van der Waals surface area (Å²) in [5, 5.41) is 0. The Labute approximate surface area is 158 Å². The zero-order valence-electron chi connectivity index (χ0n) is 15.3. The fraction of sp³-hybridized carbons (Fsp3) is 0.0870. The van der Waals surface area contributed by atoms with Crippen LogP contribution in [0.15, 0.2) is 78.9 Å². The van der Waals surface area contributed by atoms with Crippen molar-refractivity contribution in [3.05, 3.63) is 90.0 Å². The summed E-state index contributed by atoms with van der Waals surface area (Å²) in [4.78, 5) is 13.7. The predicted octanol–water partition coefficient (Wildman–Crippen LogP) is 5.61. The summed E-state index contributed by atoms with van der Waals surface area (Å²) >= 11 is 0. The van der Waals surface area contributed by atoms with Gasteiger partial charge in [0, 0.05) is 11.1 Å². The Balaban J connectivity index is 1.80. The standard InChI is InChI=1S/C23H19N3O/c1-16-8-12-18(13-9-16)21-24-22(19-14-10-17(2)11-15-19)26-23(25-21)27-20-6-4-3-5-7-20/h3-15H,1-2H3. The molecule has 0 saturated carbocycles. The quantitative estimate of drug-likeness (QED) is 0.478. The highest BCUT2D eigenvalue weighted by atomic mass is 16.5. The SMILES string of the molecule is Cc1ccc(-c2nc(Oc3ccccc3)nc(-c3ccc(C)cc3)n2)cc1. The molecule has 0 atom stereocenters. The van der Waals surface area contributed by atoms with E-state index in [0.717, 1.165) is 11.1 Å². The van der Waals surface area contributed by atoms with Crippen molar-refractivity contribution in [1.29, 1.82) is 0 Å². The van der Waals surface area contributed by atoms with Crippen LogP contribution in [0.25, 0.3) is 22.8 Å². The number of nitrogens with zero attached hydrogens (tertiary/aromatic N) is 3. The van der Waals surface area contributed by atoms with Crippen LogP contribution in [0, 0.1) is 13.8 Å². The number of ether oxygens (including phenoxy) is 1. The molecular formula is C23H19N3O.